The molecule has 3 heterocycles. The van der Waals surface area contributed by atoms with Gasteiger partial charge in [0.15, 0.2) is 5.65 Å². The highest BCUT2D eigenvalue weighted by atomic mass is 19.1. The molecule has 200 valence electrons. The SMILES string of the molecule is COC(=O)c1c(-c2ccc(OC(=O)C3CC3)cc2F)nc2[nH]nc(C)c2c1-c1ccc(N2CCNCC2)cc1. The van der Waals surface area contributed by atoms with Gasteiger partial charge in [0.05, 0.1) is 35.4 Å². The Labute approximate surface area is 224 Å². The van der Waals surface area contributed by atoms with Crippen LogP contribution in [0.3, 0.4) is 0 Å². The van der Waals surface area contributed by atoms with E-state index in [9.17, 15) is 9.59 Å². The maximum absolute atomic E-state index is 15.5. The molecule has 2 aromatic carbocycles. The van der Waals surface area contributed by atoms with Gasteiger partial charge in [-0.1, -0.05) is 12.1 Å². The zero-order valence-electron chi connectivity index (χ0n) is 21.7. The molecule has 2 aliphatic rings. The Morgan fingerprint density at radius 3 is 2.49 bits per heavy atom. The molecule has 1 aliphatic heterocycles. The monoisotopic (exact) mass is 529 g/mol. The van der Waals surface area contributed by atoms with Crippen LogP contribution in [0.5, 0.6) is 5.75 Å². The molecule has 39 heavy (non-hydrogen) atoms. The standard InChI is InChI=1S/C29H28FN5O4/c1-16-23-24(17-5-7-19(8-6-17)35-13-11-31-12-14-35)25(29(37)38-2)26(32-27(23)34-33-16)21-10-9-20(15-22(21)30)39-28(36)18-3-4-18/h5-10,15,18,31H,3-4,11-14H2,1-2H3,(H,32,33,34). The van der Waals surface area contributed by atoms with E-state index in [1.807, 2.05) is 31.2 Å². The summed E-state index contributed by atoms with van der Waals surface area (Å²) >= 11 is 0. The highest BCUT2D eigenvalue weighted by Gasteiger charge is 2.32. The molecule has 1 saturated heterocycles. The summed E-state index contributed by atoms with van der Waals surface area (Å²) in [7, 11) is 1.28. The summed E-state index contributed by atoms with van der Waals surface area (Å²) in [5.41, 5.74) is 3.78. The smallest absolute Gasteiger partial charge is 0.340 e. The third-order valence-corrected chi connectivity index (χ3v) is 7.24. The number of methoxy groups -OCH3 is 1. The number of H-pyrrole nitrogens is 1. The Bertz CT molecular complexity index is 1570. The van der Waals surface area contributed by atoms with Gasteiger partial charge in [-0.2, -0.15) is 5.10 Å². The topological polar surface area (TPSA) is 109 Å². The number of benzene rings is 2. The van der Waals surface area contributed by atoms with E-state index in [2.05, 4.69) is 25.4 Å². The molecule has 2 aromatic heterocycles. The van der Waals surface area contributed by atoms with Crippen molar-refractivity contribution in [2.24, 2.45) is 5.92 Å². The second kappa shape index (κ2) is 10.1. The number of aromatic nitrogens is 3. The fourth-order valence-electron chi connectivity index (χ4n) is 5.03. The van der Waals surface area contributed by atoms with Crippen molar-refractivity contribution in [3.8, 4) is 28.1 Å². The number of aromatic amines is 1. The molecule has 4 aromatic rings. The summed E-state index contributed by atoms with van der Waals surface area (Å²) in [4.78, 5) is 32.3. The maximum Gasteiger partial charge on any atom is 0.340 e. The number of carbonyl (C=O) groups is 2. The van der Waals surface area contributed by atoms with Crippen molar-refractivity contribution < 1.29 is 23.5 Å². The first-order chi connectivity index (χ1) is 18.9. The van der Waals surface area contributed by atoms with Crippen LogP contribution in [0.2, 0.25) is 0 Å². The van der Waals surface area contributed by atoms with Gasteiger partial charge in [0.1, 0.15) is 11.6 Å². The van der Waals surface area contributed by atoms with Gasteiger partial charge < -0.3 is 19.7 Å². The Balaban J connectivity index is 1.49. The average Bonchev–Trinajstić information content (AvgIpc) is 3.75. The molecule has 6 rings (SSSR count). The van der Waals surface area contributed by atoms with E-state index < -0.39 is 11.8 Å². The van der Waals surface area contributed by atoms with Crippen molar-refractivity contribution in [1.29, 1.82) is 0 Å². The summed E-state index contributed by atoms with van der Waals surface area (Å²) in [6, 6.07) is 12.1. The van der Waals surface area contributed by atoms with Crippen molar-refractivity contribution in [3.63, 3.8) is 0 Å². The number of nitrogens with zero attached hydrogens (tertiary/aromatic N) is 3. The number of halogens is 1. The van der Waals surface area contributed by atoms with Gasteiger partial charge in [-0.25, -0.2) is 14.2 Å². The first-order valence-electron chi connectivity index (χ1n) is 13.0. The molecule has 0 bridgehead atoms. The predicted molar refractivity (Wildman–Crippen MR) is 144 cm³/mol. The number of anilines is 1. The quantitative estimate of drug-likeness (QED) is 0.282. The lowest BCUT2D eigenvalue weighted by Crippen LogP contribution is -2.43. The number of esters is 2. The molecule has 0 atom stereocenters. The van der Waals surface area contributed by atoms with Crippen LogP contribution in [0.4, 0.5) is 10.1 Å². The van der Waals surface area contributed by atoms with Crippen molar-refractivity contribution in [1.82, 2.24) is 20.5 Å². The summed E-state index contributed by atoms with van der Waals surface area (Å²) in [6.07, 6.45) is 1.57. The van der Waals surface area contributed by atoms with E-state index in [0.717, 1.165) is 56.3 Å². The zero-order chi connectivity index (χ0) is 27.1. The predicted octanol–water partition coefficient (Wildman–Crippen LogP) is 4.25. The molecule has 2 fully saturated rings. The van der Waals surface area contributed by atoms with E-state index in [1.165, 1.54) is 19.2 Å². The molecule has 1 aliphatic carbocycles. The Hall–Kier alpha value is -4.31. The van der Waals surface area contributed by atoms with Gasteiger partial charge >= 0.3 is 11.9 Å². The lowest BCUT2D eigenvalue weighted by atomic mass is 9.92. The summed E-state index contributed by atoms with van der Waals surface area (Å²) in [5.74, 6) is -1.70. The van der Waals surface area contributed by atoms with Crippen molar-refractivity contribution >= 4 is 28.7 Å². The fraction of sp³-hybridized carbons (Fsp3) is 0.310. The molecule has 1 saturated carbocycles. The van der Waals surface area contributed by atoms with Crippen molar-refractivity contribution in [3.05, 3.63) is 59.5 Å². The van der Waals surface area contributed by atoms with Gasteiger partial charge in [-0.3, -0.25) is 9.89 Å². The van der Waals surface area contributed by atoms with Crippen LogP contribution in [-0.4, -0.2) is 60.4 Å². The minimum atomic E-state index is -0.677. The third kappa shape index (κ3) is 4.72. The number of fused-ring (bicyclic) bond motifs is 1. The van der Waals surface area contributed by atoms with Crippen LogP contribution in [-0.2, 0) is 9.53 Å². The molecule has 0 amide bonds. The normalized spacial score (nSPS) is 15.4. The van der Waals surface area contributed by atoms with Crippen LogP contribution < -0.4 is 15.0 Å². The number of carbonyl (C=O) groups excluding carboxylic acids is 2. The third-order valence-electron chi connectivity index (χ3n) is 7.24. The van der Waals surface area contributed by atoms with E-state index in [-0.39, 0.29) is 34.5 Å². The summed E-state index contributed by atoms with van der Waals surface area (Å²) in [6.45, 7) is 5.47. The largest absolute Gasteiger partial charge is 0.465 e. The van der Waals surface area contributed by atoms with Crippen LogP contribution in [0.15, 0.2) is 42.5 Å². The fourth-order valence-corrected chi connectivity index (χ4v) is 5.03. The van der Waals surface area contributed by atoms with Crippen LogP contribution in [0.25, 0.3) is 33.4 Å². The van der Waals surface area contributed by atoms with E-state index in [1.54, 1.807) is 0 Å². The number of aryl methyl sites for hydroxylation is 1. The van der Waals surface area contributed by atoms with E-state index >= 15 is 4.39 Å². The number of hydrogen-bond donors (Lipinski definition) is 2. The number of pyridine rings is 1. The van der Waals surface area contributed by atoms with E-state index in [4.69, 9.17) is 9.47 Å². The molecule has 0 unspecified atom stereocenters. The van der Waals surface area contributed by atoms with Crippen LogP contribution in [0, 0.1) is 18.7 Å². The maximum atomic E-state index is 15.5. The van der Waals surface area contributed by atoms with Gasteiger partial charge in [-0.15, -0.1) is 0 Å². The average molecular weight is 530 g/mol. The summed E-state index contributed by atoms with van der Waals surface area (Å²) < 4.78 is 26.0. The minimum absolute atomic E-state index is 0.0782. The molecule has 0 radical (unpaired) electrons. The van der Waals surface area contributed by atoms with Gasteiger partial charge in [0.2, 0.25) is 0 Å². The van der Waals surface area contributed by atoms with Gasteiger partial charge in [0.25, 0.3) is 0 Å². The highest BCUT2D eigenvalue weighted by molar-refractivity contribution is 6.11. The number of nitrogens with one attached hydrogen (secondary N) is 2. The Kier molecular flexibility index (Phi) is 6.48. The second-order valence-electron chi connectivity index (χ2n) is 9.86. The number of piperazine rings is 1. The molecule has 0 spiro atoms. The molecular formula is C29H28FN5O4. The number of ether oxygens (including phenoxy) is 2. The van der Waals surface area contributed by atoms with Gasteiger partial charge in [0, 0.05) is 49.1 Å². The van der Waals surface area contributed by atoms with Crippen molar-refractivity contribution in [2.45, 2.75) is 19.8 Å². The first kappa shape index (κ1) is 25.0. The van der Waals surface area contributed by atoms with Gasteiger partial charge in [-0.05, 0) is 49.6 Å². The van der Waals surface area contributed by atoms with Crippen LogP contribution >= 0.6 is 0 Å². The lowest BCUT2D eigenvalue weighted by molar-refractivity contribution is -0.135. The van der Waals surface area contributed by atoms with Crippen molar-refractivity contribution in [2.75, 3.05) is 38.2 Å². The number of hydrogen-bond acceptors (Lipinski definition) is 8. The zero-order valence-corrected chi connectivity index (χ0v) is 21.7. The molecule has 9 nitrogen and oxygen atoms in total. The molecule has 2 N–H and O–H groups in total. The first-order valence-corrected chi connectivity index (χ1v) is 13.0. The Morgan fingerprint density at radius 1 is 1.08 bits per heavy atom. The van der Waals surface area contributed by atoms with Crippen LogP contribution in [0.1, 0.15) is 28.9 Å². The highest BCUT2D eigenvalue weighted by Crippen LogP contribution is 2.40. The second-order valence-corrected chi connectivity index (χ2v) is 9.86. The Morgan fingerprint density at radius 2 is 1.82 bits per heavy atom. The summed E-state index contributed by atoms with van der Waals surface area (Å²) in [5, 5.41) is 11.2. The van der Waals surface area contributed by atoms with E-state index in [0.29, 0.717) is 22.3 Å². The molecular weight excluding hydrogens is 501 g/mol. The molecule has 10 heteroatoms. The number of rotatable bonds is 6. The minimum Gasteiger partial charge on any atom is -0.465 e. The lowest BCUT2D eigenvalue weighted by Gasteiger charge is -2.29.